The first-order chi connectivity index (χ1) is 28.4. The van der Waals surface area contributed by atoms with Gasteiger partial charge in [-0.3, -0.25) is 19.2 Å². The lowest BCUT2D eigenvalue weighted by Crippen LogP contribution is -2.52. The molecule has 0 aromatic heterocycles. The first-order valence-corrected chi connectivity index (χ1v) is 20.4. The third-order valence-electron chi connectivity index (χ3n) is 9.98. The summed E-state index contributed by atoms with van der Waals surface area (Å²) < 4.78 is 17.6. The third-order valence-corrected chi connectivity index (χ3v) is 9.98. The molecule has 4 rings (SSSR count). The van der Waals surface area contributed by atoms with Gasteiger partial charge >= 0.3 is 5.97 Å². The van der Waals surface area contributed by atoms with Crippen LogP contribution in [-0.4, -0.2) is 98.2 Å². The van der Waals surface area contributed by atoms with Crippen LogP contribution in [0.5, 0.6) is 17.2 Å². The topological polar surface area (TPSA) is 225 Å². The van der Waals surface area contributed by atoms with Crippen molar-refractivity contribution < 1.29 is 43.3 Å². The normalized spacial score (nSPS) is 16.5. The number of rotatable bonds is 20. The van der Waals surface area contributed by atoms with E-state index in [2.05, 4.69) is 22.9 Å². The summed E-state index contributed by atoms with van der Waals surface area (Å²) in [4.78, 5) is 67.5. The predicted molar refractivity (Wildman–Crippen MR) is 224 cm³/mol. The molecule has 3 aromatic carbocycles. The van der Waals surface area contributed by atoms with Gasteiger partial charge in [0.25, 0.3) is 5.91 Å². The van der Waals surface area contributed by atoms with Crippen molar-refractivity contribution in [1.82, 2.24) is 20.9 Å². The summed E-state index contributed by atoms with van der Waals surface area (Å²) in [6.07, 6.45) is 7.87. The number of hydrogen-bond acceptors (Lipinski definition) is 10. The number of likely N-dealkylation sites (N-methyl/N-ethyl adjacent to an activating group) is 1. The number of nitrogens with two attached hydrogens (primary N) is 2. The minimum atomic E-state index is -1.27. The molecule has 59 heavy (non-hydrogen) atoms. The van der Waals surface area contributed by atoms with E-state index in [1.54, 1.807) is 43.3 Å². The third kappa shape index (κ3) is 13.4. The number of aryl methyl sites for hydroxylation is 1. The van der Waals surface area contributed by atoms with E-state index in [1.807, 2.05) is 25.1 Å². The number of carbonyl (C=O) groups is 5. The second kappa shape index (κ2) is 23.1. The Morgan fingerprint density at radius 1 is 0.814 bits per heavy atom. The van der Waals surface area contributed by atoms with E-state index in [0.29, 0.717) is 34.6 Å². The average molecular weight is 817 g/mol. The van der Waals surface area contributed by atoms with Crippen LogP contribution in [-0.2, 0) is 32.0 Å². The Morgan fingerprint density at radius 3 is 2.15 bits per heavy atom. The Bertz CT molecular complexity index is 1920. The predicted octanol–water partition coefficient (Wildman–Crippen LogP) is 3.89. The first kappa shape index (κ1) is 46.0. The second-order valence-electron chi connectivity index (χ2n) is 14.8. The molecule has 4 amide bonds. The number of carboxylic acids is 1. The van der Waals surface area contributed by atoms with Gasteiger partial charge in [0.2, 0.25) is 17.7 Å². The maximum atomic E-state index is 14.2. The van der Waals surface area contributed by atoms with E-state index >= 15 is 0 Å². The van der Waals surface area contributed by atoms with Gasteiger partial charge in [-0.25, -0.2) is 4.79 Å². The largest absolute Gasteiger partial charge is 0.492 e. The maximum Gasteiger partial charge on any atom is 0.341 e. The lowest BCUT2D eigenvalue weighted by Gasteiger charge is -2.30. The van der Waals surface area contributed by atoms with Crippen molar-refractivity contribution >= 4 is 29.6 Å². The van der Waals surface area contributed by atoms with Gasteiger partial charge in [0, 0.05) is 37.3 Å². The molecule has 0 saturated carbocycles. The number of amides is 4. The van der Waals surface area contributed by atoms with Crippen molar-refractivity contribution in [2.24, 2.45) is 11.5 Å². The molecule has 15 heteroatoms. The summed E-state index contributed by atoms with van der Waals surface area (Å²) >= 11 is 0. The zero-order valence-electron chi connectivity index (χ0n) is 34.6. The number of nitrogens with zero attached hydrogens (tertiary/aromatic N) is 1. The van der Waals surface area contributed by atoms with Crippen molar-refractivity contribution in [1.29, 1.82) is 0 Å². The highest BCUT2D eigenvalue weighted by molar-refractivity contribution is 6.00. The van der Waals surface area contributed by atoms with E-state index < -0.39 is 54.8 Å². The lowest BCUT2D eigenvalue weighted by atomic mass is 9.94. The number of hydrogen-bond donors (Lipinski definition) is 6. The molecule has 0 radical (unpaired) electrons. The van der Waals surface area contributed by atoms with E-state index in [9.17, 15) is 29.1 Å². The number of fused-ring (bicyclic) bond motifs is 5. The summed E-state index contributed by atoms with van der Waals surface area (Å²) in [6, 6.07) is 13.2. The highest BCUT2D eigenvalue weighted by Gasteiger charge is 2.32. The standard InChI is InChI=1S/C44H60N6O9/c1-5-6-7-8-9-10-11-30-12-15-33(38(24-30)59-27-40(52)53)43(55)47-26-39(51)50(4)41-32-14-17-37(58-21-19-46)35(25-32)34-23-31(13-16-36(34)57-20-18-45)22-28(2)48-42(54)29(3)49-44(41)56/h12-17,23-25,28-29,41H,5-11,18-22,26-27,45-46H2,1-4H3,(H,47,55)(H,48,54)(H,49,56)(H,52,53)/t28?,29-,41?/m0/s1. The van der Waals surface area contributed by atoms with Gasteiger partial charge in [-0.15, -0.1) is 0 Å². The second-order valence-corrected chi connectivity index (χ2v) is 14.8. The van der Waals surface area contributed by atoms with Crippen LogP contribution in [0.2, 0.25) is 0 Å². The molecule has 320 valence electrons. The molecule has 3 atom stereocenters. The number of carbonyl (C=O) groups excluding carboxylic acids is 4. The molecule has 2 unspecified atom stereocenters. The van der Waals surface area contributed by atoms with Crippen molar-refractivity contribution in [3.05, 3.63) is 76.9 Å². The summed E-state index contributed by atoms with van der Waals surface area (Å²) in [7, 11) is 1.43. The van der Waals surface area contributed by atoms with Gasteiger partial charge in [-0.1, -0.05) is 57.2 Å². The van der Waals surface area contributed by atoms with Crippen LogP contribution < -0.4 is 41.6 Å². The quantitative estimate of drug-likeness (QED) is 0.0898. The Hall–Kier alpha value is -5.67. The highest BCUT2D eigenvalue weighted by atomic mass is 16.5. The SMILES string of the molecule is CCCCCCCCc1ccc(C(=O)NCC(=O)N(C)C2C(=O)N[C@@H](C)C(=O)NC(C)Cc3ccc(OCCN)c(c3)-c3cc2ccc3OCCN)c(OCC(=O)O)c1. The average Bonchev–Trinajstić information content (AvgIpc) is 3.21. The van der Waals surface area contributed by atoms with Crippen LogP contribution in [0.1, 0.15) is 92.4 Å². The number of nitrogens with one attached hydrogen (secondary N) is 3. The summed E-state index contributed by atoms with van der Waals surface area (Å²) in [6.45, 7) is 5.38. The van der Waals surface area contributed by atoms with E-state index in [-0.39, 0.29) is 43.7 Å². The Kier molecular flexibility index (Phi) is 18.0. The smallest absolute Gasteiger partial charge is 0.341 e. The molecule has 0 saturated heterocycles. The number of aliphatic carboxylic acids is 1. The molecule has 1 aliphatic rings. The van der Waals surface area contributed by atoms with E-state index in [4.69, 9.17) is 25.7 Å². The van der Waals surface area contributed by atoms with Crippen LogP contribution in [0.15, 0.2) is 54.6 Å². The minimum Gasteiger partial charge on any atom is -0.492 e. The van der Waals surface area contributed by atoms with Crippen molar-refractivity contribution in [2.75, 3.05) is 46.5 Å². The molecule has 15 nitrogen and oxygen atoms in total. The summed E-state index contributed by atoms with van der Waals surface area (Å²) in [5.41, 5.74) is 15.1. The van der Waals surface area contributed by atoms with Gasteiger partial charge in [0.05, 0.1) is 12.1 Å². The van der Waals surface area contributed by atoms with Crippen molar-refractivity contribution in [3.63, 3.8) is 0 Å². The number of unbranched alkanes of at least 4 members (excludes halogenated alkanes) is 5. The minimum absolute atomic E-state index is 0.0609. The van der Waals surface area contributed by atoms with E-state index in [1.165, 1.54) is 24.8 Å². The Balaban J connectivity index is 1.66. The van der Waals surface area contributed by atoms with Crippen LogP contribution in [0, 0.1) is 0 Å². The monoisotopic (exact) mass is 816 g/mol. The molecule has 0 spiro atoms. The summed E-state index contributed by atoms with van der Waals surface area (Å²) in [5, 5.41) is 17.6. The zero-order valence-corrected chi connectivity index (χ0v) is 34.6. The molecule has 0 aliphatic carbocycles. The molecule has 1 aliphatic heterocycles. The number of ether oxygens (including phenoxy) is 3. The molecule has 4 bridgehead atoms. The fourth-order valence-corrected chi connectivity index (χ4v) is 6.91. The van der Waals surface area contributed by atoms with Gasteiger partial charge in [0.1, 0.15) is 42.5 Å². The van der Waals surface area contributed by atoms with Crippen LogP contribution in [0.4, 0.5) is 0 Å². The number of carboxylic acid groups (broad SMARTS) is 1. The maximum absolute atomic E-state index is 14.2. The molecule has 3 aromatic rings. The zero-order chi connectivity index (χ0) is 42.9. The Morgan fingerprint density at radius 2 is 1.47 bits per heavy atom. The molecule has 0 fully saturated rings. The Labute approximate surface area is 346 Å². The molecule has 8 N–H and O–H groups in total. The van der Waals surface area contributed by atoms with Crippen LogP contribution in [0.25, 0.3) is 11.1 Å². The van der Waals surface area contributed by atoms with Crippen LogP contribution in [0.3, 0.4) is 0 Å². The van der Waals surface area contributed by atoms with Gasteiger partial charge in [-0.05, 0) is 86.2 Å². The number of benzene rings is 3. The molecule has 1 heterocycles. The summed E-state index contributed by atoms with van der Waals surface area (Å²) in [5.74, 6) is -2.47. The van der Waals surface area contributed by atoms with Gasteiger partial charge in [-0.2, -0.15) is 0 Å². The molecular formula is C44H60N6O9. The fraction of sp³-hybridized carbons (Fsp3) is 0.477. The van der Waals surface area contributed by atoms with Gasteiger partial charge in [0.15, 0.2) is 6.61 Å². The van der Waals surface area contributed by atoms with Crippen molar-refractivity contribution in [3.8, 4) is 28.4 Å². The molecular weight excluding hydrogens is 757 g/mol. The first-order valence-electron chi connectivity index (χ1n) is 20.4. The van der Waals surface area contributed by atoms with Crippen LogP contribution >= 0.6 is 0 Å². The fourth-order valence-electron chi connectivity index (χ4n) is 6.91. The van der Waals surface area contributed by atoms with Gasteiger partial charge < -0.3 is 51.6 Å². The van der Waals surface area contributed by atoms with E-state index in [0.717, 1.165) is 43.2 Å². The lowest BCUT2D eigenvalue weighted by molar-refractivity contribution is -0.139. The highest BCUT2D eigenvalue weighted by Crippen LogP contribution is 2.40. The van der Waals surface area contributed by atoms with Crippen molar-refractivity contribution in [2.45, 2.75) is 90.3 Å².